The Kier molecular flexibility index (Phi) is 5.14. The average Bonchev–Trinajstić information content (AvgIpc) is 2.49. The highest BCUT2D eigenvalue weighted by Crippen LogP contribution is 2.18. The fourth-order valence-corrected chi connectivity index (χ4v) is 2.37. The fourth-order valence-electron chi connectivity index (χ4n) is 2.37. The van der Waals surface area contributed by atoms with Gasteiger partial charge in [-0.05, 0) is 25.0 Å². The normalized spacial score (nSPS) is 18.3. The zero-order valence-electron chi connectivity index (χ0n) is 11.6. The number of carbonyl (C=O) groups is 2. The second kappa shape index (κ2) is 7.06. The number of nitrogens with zero attached hydrogens (tertiary/aromatic N) is 1. The van der Waals surface area contributed by atoms with Crippen molar-refractivity contribution >= 4 is 11.9 Å². The molecule has 0 unspecified atom stereocenters. The van der Waals surface area contributed by atoms with E-state index >= 15 is 0 Å². The smallest absolute Gasteiger partial charge is 0.308 e. The summed E-state index contributed by atoms with van der Waals surface area (Å²) in [5.41, 5.74) is 0. The minimum atomic E-state index is -0.866. The molecule has 114 valence electrons. The summed E-state index contributed by atoms with van der Waals surface area (Å²) in [6, 6.07) is 6.01. The fraction of sp³-hybridized carbons (Fsp3) is 0.467. The predicted octanol–water partition coefficient (Wildman–Crippen LogP) is 1.92. The quantitative estimate of drug-likeness (QED) is 0.901. The number of amides is 1. The second-order valence-electron chi connectivity index (χ2n) is 5.05. The number of aliphatic carboxylic acids is 1. The predicted molar refractivity (Wildman–Crippen MR) is 73.5 cm³/mol. The number of likely N-dealkylation sites (tertiary alicyclic amines) is 1. The molecule has 21 heavy (non-hydrogen) atoms. The molecule has 1 saturated heterocycles. The van der Waals surface area contributed by atoms with E-state index in [0.29, 0.717) is 19.4 Å². The Hall–Kier alpha value is -2.11. The number of hydrogen-bond donors (Lipinski definition) is 1. The van der Waals surface area contributed by atoms with Crippen LogP contribution in [0.1, 0.15) is 19.3 Å². The SMILES string of the molecule is O=C(O)[C@@H]1CCCN(C(=O)CCOc2ccccc2F)C1. The first-order chi connectivity index (χ1) is 10.1. The third-order valence-electron chi connectivity index (χ3n) is 3.53. The Morgan fingerprint density at radius 3 is 2.86 bits per heavy atom. The van der Waals surface area contributed by atoms with Crippen LogP contribution < -0.4 is 4.74 Å². The molecule has 1 atom stereocenters. The van der Waals surface area contributed by atoms with Crippen LogP contribution in [0.2, 0.25) is 0 Å². The molecule has 1 heterocycles. The van der Waals surface area contributed by atoms with E-state index in [-0.39, 0.29) is 31.2 Å². The van der Waals surface area contributed by atoms with Crippen molar-refractivity contribution in [1.29, 1.82) is 0 Å². The van der Waals surface area contributed by atoms with Gasteiger partial charge in [0.1, 0.15) is 0 Å². The van der Waals surface area contributed by atoms with Crippen molar-refractivity contribution in [2.24, 2.45) is 5.92 Å². The van der Waals surface area contributed by atoms with Crippen molar-refractivity contribution in [2.45, 2.75) is 19.3 Å². The first kappa shape index (κ1) is 15.3. The van der Waals surface area contributed by atoms with Gasteiger partial charge in [0.2, 0.25) is 5.91 Å². The molecule has 1 aromatic carbocycles. The Balaban J connectivity index is 1.79. The van der Waals surface area contributed by atoms with Gasteiger partial charge in [-0.15, -0.1) is 0 Å². The summed E-state index contributed by atoms with van der Waals surface area (Å²) in [4.78, 5) is 24.5. The highest BCUT2D eigenvalue weighted by atomic mass is 19.1. The summed E-state index contributed by atoms with van der Waals surface area (Å²) < 4.78 is 18.6. The van der Waals surface area contributed by atoms with Crippen LogP contribution in [0.4, 0.5) is 4.39 Å². The Bertz CT molecular complexity index is 520. The number of carboxylic acids is 1. The van der Waals surface area contributed by atoms with Gasteiger partial charge >= 0.3 is 5.97 Å². The van der Waals surface area contributed by atoms with Crippen LogP contribution >= 0.6 is 0 Å². The molecule has 0 saturated carbocycles. The number of piperidine rings is 1. The van der Waals surface area contributed by atoms with E-state index in [9.17, 15) is 14.0 Å². The number of para-hydroxylation sites is 1. The monoisotopic (exact) mass is 295 g/mol. The molecule has 0 aliphatic carbocycles. The lowest BCUT2D eigenvalue weighted by Crippen LogP contribution is -2.42. The molecule has 0 spiro atoms. The Morgan fingerprint density at radius 2 is 2.14 bits per heavy atom. The molecule has 5 nitrogen and oxygen atoms in total. The van der Waals surface area contributed by atoms with E-state index in [0.717, 1.165) is 0 Å². The first-order valence-corrected chi connectivity index (χ1v) is 6.96. The minimum Gasteiger partial charge on any atom is -0.490 e. The topological polar surface area (TPSA) is 66.8 Å². The molecule has 1 N–H and O–H groups in total. The van der Waals surface area contributed by atoms with Crippen molar-refractivity contribution in [3.05, 3.63) is 30.1 Å². The maximum atomic E-state index is 13.3. The van der Waals surface area contributed by atoms with Crippen molar-refractivity contribution in [3.8, 4) is 5.75 Å². The van der Waals surface area contributed by atoms with Crippen molar-refractivity contribution in [2.75, 3.05) is 19.7 Å². The van der Waals surface area contributed by atoms with Gasteiger partial charge in [-0.25, -0.2) is 4.39 Å². The van der Waals surface area contributed by atoms with Crippen LogP contribution in [0.5, 0.6) is 5.75 Å². The van der Waals surface area contributed by atoms with Crippen LogP contribution in [0.25, 0.3) is 0 Å². The van der Waals surface area contributed by atoms with Gasteiger partial charge in [0, 0.05) is 13.1 Å². The van der Waals surface area contributed by atoms with Gasteiger partial charge in [-0.1, -0.05) is 12.1 Å². The zero-order valence-corrected chi connectivity index (χ0v) is 11.6. The number of benzene rings is 1. The lowest BCUT2D eigenvalue weighted by atomic mass is 9.98. The number of rotatable bonds is 5. The van der Waals surface area contributed by atoms with Crippen LogP contribution in [-0.4, -0.2) is 41.6 Å². The van der Waals surface area contributed by atoms with Gasteiger partial charge in [0.15, 0.2) is 11.6 Å². The van der Waals surface area contributed by atoms with Gasteiger partial charge in [0.25, 0.3) is 0 Å². The number of halogens is 1. The molecule has 2 rings (SSSR count). The van der Waals surface area contributed by atoms with Gasteiger partial charge in [-0.3, -0.25) is 9.59 Å². The molecule has 6 heteroatoms. The maximum absolute atomic E-state index is 13.3. The van der Waals surface area contributed by atoms with Crippen molar-refractivity contribution in [3.63, 3.8) is 0 Å². The minimum absolute atomic E-state index is 0.0774. The summed E-state index contributed by atoms with van der Waals surface area (Å²) in [7, 11) is 0. The highest BCUT2D eigenvalue weighted by molar-refractivity contribution is 5.78. The second-order valence-corrected chi connectivity index (χ2v) is 5.05. The summed E-state index contributed by atoms with van der Waals surface area (Å²) in [5.74, 6) is -1.86. The Labute approximate surface area is 122 Å². The molecule has 1 aliphatic heterocycles. The lowest BCUT2D eigenvalue weighted by molar-refractivity contribution is -0.145. The van der Waals surface area contributed by atoms with Crippen molar-refractivity contribution < 1.29 is 23.8 Å². The van der Waals surface area contributed by atoms with Crippen molar-refractivity contribution in [1.82, 2.24) is 4.90 Å². The van der Waals surface area contributed by atoms with E-state index in [4.69, 9.17) is 9.84 Å². The lowest BCUT2D eigenvalue weighted by Gasteiger charge is -2.30. The first-order valence-electron chi connectivity index (χ1n) is 6.96. The van der Waals surface area contributed by atoms with E-state index in [1.165, 1.54) is 12.1 Å². The third-order valence-corrected chi connectivity index (χ3v) is 3.53. The zero-order chi connectivity index (χ0) is 15.2. The largest absolute Gasteiger partial charge is 0.490 e. The highest BCUT2D eigenvalue weighted by Gasteiger charge is 2.27. The molecule has 0 radical (unpaired) electrons. The average molecular weight is 295 g/mol. The number of ether oxygens (including phenoxy) is 1. The molecule has 1 aromatic rings. The number of hydrogen-bond acceptors (Lipinski definition) is 3. The summed E-state index contributed by atoms with van der Waals surface area (Å²) in [5, 5.41) is 8.99. The summed E-state index contributed by atoms with van der Waals surface area (Å²) in [6.07, 6.45) is 1.41. The Morgan fingerprint density at radius 1 is 1.38 bits per heavy atom. The number of carboxylic acid groups (broad SMARTS) is 1. The molecular formula is C15H18FNO4. The molecule has 1 aliphatic rings. The number of carbonyl (C=O) groups excluding carboxylic acids is 1. The third kappa shape index (κ3) is 4.18. The van der Waals surface area contributed by atoms with Crippen LogP contribution in [0, 0.1) is 11.7 Å². The standard InChI is InChI=1S/C15H18FNO4/c16-12-5-1-2-6-13(12)21-9-7-14(18)17-8-3-4-11(10-17)15(19)20/h1-2,5-6,11H,3-4,7-10H2,(H,19,20)/t11-/m1/s1. The van der Waals surface area contributed by atoms with E-state index in [1.807, 2.05) is 0 Å². The molecule has 0 aromatic heterocycles. The summed E-state index contributed by atoms with van der Waals surface area (Å²) in [6.45, 7) is 0.893. The molecule has 0 bridgehead atoms. The maximum Gasteiger partial charge on any atom is 0.308 e. The molecule has 1 amide bonds. The van der Waals surface area contributed by atoms with Crippen LogP contribution in [0.3, 0.4) is 0 Å². The molecular weight excluding hydrogens is 277 g/mol. The van der Waals surface area contributed by atoms with Gasteiger partial charge in [-0.2, -0.15) is 0 Å². The molecule has 1 fully saturated rings. The van der Waals surface area contributed by atoms with Crippen LogP contribution in [-0.2, 0) is 9.59 Å². The van der Waals surface area contributed by atoms with Gasteiger partial charge < -0.3 is 14.7 Å². The van der Waals surface area contributed by atoms with E-state index in [1.54, 1.807) is 17.0 Å². The van der Waals surface area contributed by atoms with E-state index in [2.05, 4.69) is 0 Å². The summed E-state index contributed by atoms with van der Waals surface area (Å²) >= 11 is 0. The van der Waals surface area contributed by atoms with E-state index < -0.39 is 17.7 Å². The van der Waals surface area contributed by atoms with Crippen LogP contribution in [0.15, 0.2) is 24.3 Å². The van der Waals surface area contributed by atoms with Gasteiger partial charge in [0.05, 0.1) is 18.9 Å².